The van der Waals surface area contributed by atoms with Crippen molar-refractivity contribution in [2.45, 2.75) is 25.3 Å². The van der Waals surface area contributed by atoms with Crippen molar-refractivity contribution in [3.8, 4) is 5.75 Å². The summed E-state index contributed by atoms with van der Waals surface area (Å²) < 4.78 is 0.780. The van der Waals surface area contributed by atoms with Gasteiger partial charge in [0.15, 0.2) is 0 Å². The number of fused-ring (bicyclic) bond motifs is 5. The van der Waals surface area contributed by atoms with Gasteiger partial charge in [0.05, 0.1) is 5.56 Å². The maximum atomic E-state index is 12.2. The fourth-order valence-corrected chi connectivity index (χ4v) is 4.79. The summed E-state index contributed by atoms with van der Waals surface area (Å²) >= 11 is 3.28. The van der Waals surface area contributed by atoms with Crippen molar-refractivity contribution in [2.75, 3.05) is 0 Å². The Labute approximate surface area is 120 Å². The summed E-state index contributed by atoms with van der Waals surface area (Å²) in [6, 6.07) is 5.38. The van der Waals surface area contributed by atoms with E-state index in [9.17, 15) is 9.90 Å². The maximum absolute atomic E-state index is 12.2. The first-order chi connectivity index (χ1) is 9.15. The number of benzene rings is 1. The molecule has 3 nitrogen and oxygen atoms in total. The van der Waals surface area contributed by atoms with Crippen LogP contribution in [0.4, 0.5) is 0 Å². The van der Waals surface area contributed by atoms with E-state index in [0.717, 1.165) is 28.1 Å². The van der Waals surface area contributed by atoms with Gasteiger partial charge in [-0.3, -0.25) is 4.79 Å². The van der Waals surface area contributed by atoms with Gasteiger partial charge in [-0.15, -0.1) is 0 Å². The monoisotopic (exact) mass is 321 g/mol. The molecule has 3 fully saturated rings. The van der Waals surface area contributed by atoms with Crippen LogP contribution in [0.25, 0.3) is 0 Å². The quantitative estimate of drug-likeness (QED) is 0.879. The lowest BCUT2D eigenvalue weighted by Crippen LogP contribution is -2.29. The summed E-state index contributed by atoms with van der Waals surface area (Å²) in [4.78, 5) is 12.2. The zero-order valence-electron chi connectivity index (χ0n) is 10.5. The predicted octanol–water partition coefficient (Wildman–Crippen LogP) is 2.93. The molecule has 1 aromatic carbocycles. The van der Waals surface area contributed by atoms with E-state index < -0.39 is 0 Å². The third kappa shape index (κ3) is 1.72. The molecular formula is C15H16BrNO2. The van der Waals surface area contributed by atoms with E-state index in [-0.39, 0.29) is 11.7 Å². The van der Waals surface area contributed by atoms with Crippen molar-refractivity contribution in [3.05, 3.63) is 28.2 Å². The molecular weight excluding hydrogens is 306 g/mol. The van der Waals surface area contributed by atoms with Gasteiger partial charge in [-0.25, -0.2) is 0 Å². The Balaban J connectivity index is 1.48. The highest BCUT2D eigenvalue weighted by Crippen LogP contribution is 2.65. The number of phenolic OH excluding ortho intramolecular Hbond substituents is 1. The molecule has 3 aliphatic rings. The second kappa shape index (κ2) is 3.98. The van der Waals surface area contributed by atoms with Crippen LogP contribution < -0.4 is 5.32 Å². The molecule has 0 aromatic heterocycles. The fourth-order valence-electron chi connectivity index (χ4n) is 4.44. The van der Waals surface area contributed by atoms with E-state index in [4.69, 9.17) is 0 Å². The topological polar surface area (TPSA) is 49.3 Å². The van der Waals surface area contributed by atoms with Gasteiger partial charge < -0.3 is 10.4 Å². The lowest BCUT2D eigenvalue weighted by molar-refractivity contribution is 0.0941. The third-order valence-corrected chi connectivity index (χ3v) is 5.73. The molecule has 3 aliphatic carbocycles. The number of amides is 1. The zero-order chi connectivity index (χ0) is 13.1. The smallest absolute Gasteiger partial charge is 0.255 e. The van der Waals surface area contributed by atoms with E-state index in [1.165, 1.54) is 19.3 Å². The van der Waals surface area contributed by atoms with Gasteiger partial charge in [-0.1, -0.05) is 15.9 Å². The molecule has 19 heavy (non-hydrogen) atoms. The number of nitrogens with one attached hydrogen (secondary N) is 1. The van der Waals surface area contributed by atoms with Gasteiger partial charge in [0.25, 0.3) is 5.91 Å². The lowest BCUT2D eigenvalue weighted by atomic mass is 10.0. The molecule has 4 heteroatoms. The average Bonchev–Trinajstić information content (AvgIpc) is 2.78. The van der Waals surface area contributed by atoms with Crippen molar-refractivity contribution in [1.82, 2.24) is 5.32 Å². The number of hydrogen-bond acceptors (Lipinski definition) is 2. The molecule has 0 heterocycles. The van der Waals surface area contributed by atoms with Crippen molar-refractivity contribution < 1.29 is 9.90 Å². The Morgan fingerprint density at radius 1 is 1.26 bits per heavy atom. The van der Waals surface area contributed by atoms with Crippen molar-refractivity contribution in [3.63, 3.8) is 0 Å². The van der Waals surface area contributed by atoms with E-state index in [1.54, 1.807) is 18.2 Å². The highest BCUT2D eigenvalue weighted by atomic mass is 79.9. The Morgan fingerprint density at radius 3 is 2.58 bits per heavy atom. The van der Waals surface area contributed by atoms with Gasteiger partial charge >= 0.3 is 0 Å². The lowest BCUT2D eigenvalue weighted by Gasteiger charge is -2.11. The number of phenols is 1. The SMILES string of the molecule is O=C(NC1C2C3CCC(C3)C12)c1ccc(Br)cc1O. The summed E-state index contributed by atoms with van der Waals surface area (Å²) in [5.41, 5.74) is 0.375. The summed E-state index contributed by atoms with van der Waals surface area (Å²) in [7, 11) is 0. The molecule has 0 spiro atoms. The van der Waals surface area contributed by atoms with Crippen LogP contribution in [0, 0.1) is 23.7 Å². The molecule has 4 atom stereocenters. The van der Waals surface area contributed by atoms with Crippen LogP contribution in [0.1, 0.15) is 29.6 Å². The fraction of sp³-hybridized carbons (Fsp3) is 0.533. The number of carbonyl (C=O) groups excluding carboxylic acids is 1. The standard InChI is InChI=1S/C15H16BrNO2/c16-9-3-4-10(11(18)6-9)15(19)17-14-12-7-1-2-8(5-7)13(12)14/h3-4,6-8,12-14,18H,1-2,5H2,(H,17,19). The molecule has 4 unspecified atom stereocenters. The first kappa shape index (κ1) is 11.8. The van der Waals surface area contributed by atoms with Gasteiger partial charge in [0, 0.05) is 10.5 Å². The molecule has 2 N–H and O–H groups in total. The van der Waals surface area contributed by atoms with Crippen LogP contribution in [0.5, 0.6) is 5.75 Å². The van der Waals surface area contributed by atoms with E-state index in [2.05, 4.69) is 21.2 Å². The molecule has 0 saturated heterocycles. The summed E-state index contributed by atoms with van der Waals surface area (Å²) in [6.45, 7) is 0. The molecule has 1 amide bonds. The summed E-state index contributed by atoms with van der Waals surface area (Å²) in [5.74, 6) is 3.04. The normalized spacial score (nSPS) is 38.1. The molecule has 0 aliphatic heterocycles. The van der Waals surface area contributed by atoms with Crippen LogP contribution in [0.15, 0.2) is 22.7 Å². The van der Waals surface area contributed by atoms with Crippen molar-refractivity contribution in [2.24, 2.45) is 23.7 Å². The zero-order valence-corrected chi connectivity index (χ0v) is 12.1. The van der Waals surface area contributed by atoms with Crippen molar-refractivity contribution >= 4 is 21.8 Å². The van der Waals surface area contributed by atoms with Crippen LogP contribution in [0.2, 0.25) is 0 Å². The molecule has 0 radical (unpaired) electrons. The number of aromatic hydroxyl groups is 1. The Hall–Kier alpha value is -1.03. The molecule has 2 bridgehead atoms. The minimum absolute atomic E-state index is 0.0423. The number of carbonyl (C=O) groups is 1. The number of rotatable bonds is 2. The Kier molecular flexibility index (Phi) is 2.47. The van der Waals surface area contributed by atoms with Crippen molar-refractivity contribution in [1.29, 1.82) is 0 Å². The van der Waals surface area contributed by atoms with E-state index in [1.807, 2.05) is 0 Å². The number of hydrogen-bond donors (Lipinski definition) is 2. The predicted molar refractivity (Wildman–Crippen MR) is 74.9 cm³/mol. The second-order valence-corrected chi connectivity index (χ2v) is 7.06. The average molecular weight is 322 g/mol. The van der Waals surface area contributed by atoms with Crippen LogP contribution >= 0.6 is 15.9 Å². The Morgan fingerprint density at radius 2 is 1.95 bits per heavy atom. The van der Waals surface area contributed by atoms with E-state index in [0.29, 0.717) is 11.6 Å². The van der Waals surface area contributed by atoms with Gasteiger partial charge in [-0.05, 0) is 61.1 Å². The second-order valence-electron chi connectivity index (χ2n) is 6.15. The first-order valence-corrected chi connectivity index (χ1v) is 7.74. The molecule has 3 saturated carbocycles. The van der Waals surface area contributed by atoms with Gasteiger partial charge in [0.1, 0.15) is 5.75 Å². The highest BCUT2D eigenvalue weighted by molar-refractivity contribution is 9.10. The first-order valence-electron chi connectivity index (χ1n) is 6.94. The minimum Gasteiger partial charge on any atom is -0.507 e. The highest BCUT2D eigenvalue weighted by Gasteiger charge is 2.65. The summed E-state index contributed by atoms with van der Waals surface area (Å²) in [5, 5.41) is 12.9. The number of halogens is 1. The van der Waals surface area contributed by atoms with Crippen LogP contribution in [0.3, 0.4) is 0 Å². The Bertz CT molecular complexity index is 543. The minimum atomic E-state index is -0.135. The van der Waals surface area contributed by atoms with Gasteiger partial charge in [0.2, 0.25) is 0 Å². The van der Waals surface area contributed by atoms with Gasteiger partial charge in [-0.2, -0.15) is 0 Å². The van der Waals surface area contributed by atoms with Crippen LogP contribution in [-0.4, -0.2) is 17.1 Å². The maximum Gasteiger partial charge on any atom is 0.255 e. The summed E-state index contributed by atoms with van der Waals surface area (Å²) in [6.07, 6.45) is 4.08. The molecule has 4 rings (SSSR count). The van der Waals surface area contributed by atoms with E-state index >= 15 is 0 Å². The largest absolute Gasteiger partial charge is 0.507 e. The van der Waals surface area contributed by atoms with Crippen LogP contribution in [-0.2, 0) is 0 Å². The molecule has 100 valence electrons. The molecule has 1 aromatic rings. The third-order valence-electron chi connectivity index (χ3n) is 5.24.